The highest BCUT2D eigenvalue weighted by Gasteiger charge is 2.05. The van der Waals surface area contributed by atoms with E-state index in [-0.39, 0.29) is 6.61 Å². The van der Waals surface area contributed by atoms with Crippen LogP contribution in [-0.2, 0) is 5.75 Å². The number of benzene rings is 1. The lowest BCUT2D eigenvalue weighted by Crippen LogP contribution is -2.10. The smallest absolute Gasteiger partial charge is 0.248 e. The van der Waals surface area contributed by atoms with Crippen LogP contribution in [0.25, 0.3) is 0 Å². The summed E-state index contributed by atoms with van der Waals surface area (Å²) in [7, 11) is 0. The van der Waals surface area contributed by atoms with Crippen molar-refractivity contribution in [3.8, 4) is 0 Å². The zero-order chi connectivity index (χ0) is 11.3. The molecule has 0 aliphatic heterocycles. The second-order valence-corrected chi connectivity index (χ2v) is 4.46. The van der Waals surface area contributed by atoms with Gasteiger partial charge in [0.05, 0.1) is 6.61 Å². The largest absolute Gasteiger partial charge is 0.396 e. The number of halogens is 1. The van der Waals surface area contributed by atoms with Gasteiger partial charge in [-0.15, -0.1) is 0 Å². The Morgan fingerprint density at radius 3 is 2.80 bits per heavy atom. The average molecular weight is 246 g/mol. The van der Waals surface area contributed by atoms with Crippen molar-refractivity contribution < 1.29 is 9.90 Å². The van der Waals surface area contributed by atoms with E-state index >= 15 is 0 Å². The maximum atomic E-state index is 10.9. The number of nitrogens with two attached hydrogens (primary N) is 1. The molecule has 0 atom stereocenters. The molecule has 0 saturated heterocycles. The number of aliphatic hydroxyl groups is 1. The van der Waals surface area contributed by atoms with Gasteiger partial charge in [0, 0.05) is 22.1 Å². The Kier molecular flexibility index (Phi) is 4.94. The van der Waals surface area contributed by atoms with Gasteiger partial charge in [0.25, 0.3) is 0 Å². The van der Waals surface area contributed by atoms with E-state index in [4.69, 9.17) is 22.4 Å². The number of rotatable bonds is 5. The van der Waals surface area contributed by atoms with E-state index in [9.17, 15) is 4.79 Å². The predicted molar refractivity (Wildman–Crippen MR) is 63.2 cm³/mol. The topological polar surface area (TPSA) is 63.3 Å². The van der Waals surface area contributed by atoms with Gasteiger partial charge in [0.15, 0.2) is 0 Å². The summed E-state index contributed by atoms with van der Waals surface area (Å²) < 4.78 is 0. The Bertz CT molecular complexity index is 357. The van der Waals surface area contributed by atoms with Gasteiger partial charge in [0.2, 0.25) is 5.91 Å². The highest BCUT2D eigenvalue weighted by atomic mass is 35.5. The molecule has 3 N–H and O–H groups in total. The molecule has 0 radical (unpaired) electrons. The van der Waals surface area contributed by atoms with E-state index in [1.54, 1.807) is 30.0 Å². The molecule has 3 nitrogen and oxygen atoms in total. The van der Waals surface area contributed by atoms with Crippen molar-refractivity contribution in [1.82, 2.24) is 0 Å². The number of carbonyl (C=O) groups is 1. The monoisotopic (exact) mass is 245 g/mol. The Labute approximate surface area is 97.6 Å². The highest BCUT2D eigenvalue weighted by molar-refractivity contribution is 7.98. The quantitative estimate of drug-likeness (QED) is 0.776. The SMILES string of the molecule is NC(=O)c1ccc(CSCCO)c(Cl)c1. The molecule has 15 heavy (non-hydrogen) atoms. The Balaban J connectivity index is 2.70. The van der Waals surface area contributed by atoms with Crippen LogP contribution in [0, 0.1) is 0 Å². The van der Waals surface area contributed by atoms with E-state index in [0.29, 0.717) is 16.3 Å². The van der Waals surface area contributed by atoms with Gasteiger partial charge in [-0.05, 0) is 17.7 Å². The van der Waals surface area contributed by atoms with Crippen LogP contribution >= 0.6 is 23.4 Å². The minimum Gasteiger partial charge on any atom is -0.396 e. The number of thioether (sulfide) groups is 1. The minimum atomic E-state index is -0.480. The summed E-state index contributed by atoms with van der Waals surface area (Å²) in [4.78, 5) is 10.9. The summed E-state index contributed by atoms with van der Waals surface area (Å²) in [6, 6.07) is 5.01. The van der Waals surface area contributed by atoms with Crippen LogP contribution in [0.5, 0.6) is 0 Å². The van der Waals surface area contributed by atoms with Crippen LogP contribution in [0.15, 0.2) is 18.2 Å². The van der Waals surface area contributed by atoms with Crippen LogP contribution in [-0.4, -0.2) is 23.4 Å². The molecule has 82 valence electrons. The van der Waals surface area contributed by atoms with Crippen molar-refractivity contribution >= 4 is 29.3 Å². The van der Waals surface area contributed by atoms with Crippen molar-refractivity contribution in [3.05, 3.63) is 34.3 Å². The van der Waals surface area contributed by atoms with Crippen LogP contribution in [0.2, 0.25) is 5.02 Å². The fourth-order valence-electron chi connectivity index (χ4n) is 1.06. The fraction of sp³-hybridized carbons (Fsp3) is 0.300. The molecule has 1 rings (SSSR count). The molecule has 0 bridgehead atoms. The van der Waals surface area contributed by atoms with Gasteiger partial charge < -0.3 is 10.8 Å². The number of hydrogen-bond acceptors (Lipinski definition) is 3. The van der Waals surface area contributed by atoms with Crippen LogP contribution in [0.4, 0.5) is 0 Å². The molecule has 0 unspecified atom stereocenters. The van der Waals surface area contributed by atoms with Gasteiger partial charge in [-0.2, -0.15) is 11.8 Å². The molecule has 0 fully saturated rings. The number of hydrogen-bond donors (Lipinski definition) is 2. The number of aliphatic hydroxyl groups excluding tert-OH is 1. The first-order chi connectivity index (χ1) is 7.15. The molecule has 0 heterocycles. The van der Waals surface area contributed by atoms with Gasteiger partial charge in [-0.1, -0.05) is 17.7 Å². The first-order valence-electron chi connectivity index (χ1n) is 4.42. The molecule has 1 aromatic rings. The lowest BCUT2D eigenvalue weighted by molar-refractivity contribution is 0.100. The first-order valence-corrected chi connectivity index (χ1v) is 5.95. The minimum absolute atomic E-state index is 0.154. The van der Waals surface area contributed by atoms with Gasteiger partial charge in [-0.25, -0.2) is 0 Å². The van der Waals surface area contributed by atoms with Gasteiger partial charge in [0.1, 0.15) is 0 Å². The third-order valence-electron chi connectivity index (χ3n) is 1.83. The zero-order valence-corrected chi connectivity index (χ0v) is 9.64. The van der Waals surface area contributed by atoms with Crippen molar-refractivity contribution in [2.45, 2.75) is 5.75 Å². The molecule has 0 saturated carbocycles. The number of carbonyl (C=O) groups excluding carboxylic acids is 1. The molecule has 0 aromatic heterocycles. The lowest BCUT2D eigenvalue weighted by Gasteiger charge is -2.04. The summed E-state index contributed by atoms with van der Waals surface area (Å²) in [6.45, 7) is 0.154. The molecule has 0 aliphatic carbocycles. The summed E-state index contributed by atoms with van der Waals surface area (Å²) in [6.07, 6.45) is 0. The second kappa shape index (κ2) is 6.00. The Morgan fingerprint density at radius 2 is 2.27 bits per heavy atom. The Hall–Kier alpha value is -0.710. The van der Waals surface area contributed by atoms with E-state index in [1.165, 1.54) is 0 Å². The van der Waals surface area contributed by atoms with E-state index in [0.717, 1.165) is 11.3 Å². The van der Waals surface area contributed by atoms with E-state index in [1.807, 2.05) is 0 Å². The predicted octanol–water partition coefficient (Wildman–Crippen LogP) is 1.66. The molecular formula is C10H12ClNO2S. The standard InChI is InChI=1S/C10H12ClNO2S/c11-9-5-7(10(12)14)1-2-8(9)6-15-4-3-13/h1-2,5,13H,3-4,6H2,(H2,12,14). The Morgan fingerprint density at radius 1 is 1.53 bits per heavy atom. The molecule has 0 aliphatic rings. The van der Waals surface area contributed by atoms with Crippen molar-refractivity contribution in [1.29, 1.82) is 0 Å². The molecule has 5 heteroatoms. The summed E-state index contributed by atoms with van der Waals surface area (Å²) >= 11 is 7.55. The maximum absolute atomic E-state index is 10.9. The number of primary amides is 1. The van der Waals surface area contributed by atoms with Crippen molar-refractivity contribution in [3.63, 3.8) is 0 Å². The molecule has 1 aromatic carbocycles. The maximum Gasteiger partial charge on any atom is 0.248 e. The van der Waals surface area contributed by atoms with Crippen molar-refractivity contribution in [2.24, 2.45) is 5.73 Å². The van der Waals surface area contributed by atoms with Gasteiger partial charge in [-0.3, -0.25) is 4.79 Å². The average Bonchev–Trinajstić information content (AvgIpc) is 2.20. The summed E-state index contributed by atoms with van der Waals surface area (Å²) in [5, 5.41) is 9.15. The zero-order valence-electron chi connectivity index (χ0n) is 8.07. The second-order valence-electron chi connectivity index (χ2n) is 2.95. The van der Waals surface area contributed by atoms with Crippen LogP contribution in [0.3, 0.4) is 0 Å². The third kappa shape index (κ3) is 3.74. The number of amides is 1. The third-order valence-corrected chi connectivity index (χ3v) is 3.17. The molecule has 0 spiro atoms. The van der Waals surface area contributed by atoms with Crippen LogP contribution < -0.4 is 5.73 Å². The van der Waals surface area contributed by atoms with Gasteiger partial charge >= 0.3 is 0 Å². The van der Waals surface area contributed by atoms with E-state index in [2.05, 4.69) is 0 Å². The lowest BCUT2D eigenvalue weighted by atomic mass is 10.1. The molecule has 1 amide bonds. The van der Waals surface area contributed by atoms with E-state index < -0.39 is 5.91 Å². The normalized spacial score (nSPS) is 10.3. The van der Waals surface area contributed by atoms with Crippen LogP contribution in [0.1, 0.15) is 15.9 Å². The molecular weight excluding hydrogens is 234 g/mol. The summed E-state index contributed by atoms with van der Waals surface area (Å²) in [5.74, 6) is 0.915. The fourth-order valence-corrected chi connectivity index (χ4v) is 2.14. The highest BCUT2D eigenvalue weighted by Crippen LogP contribution is 2.22. The van der Waals surface area contributed by atoms with Crippen molar-refractivity contribution in [2.75, 3.05) is 12.4 Å². The summed E-state index contributed by atoms with van der Waals surface area (Å²) in [5.41, 5.74) is 6.48. The first kappa shape index (κ1) is 12.4.